The molecule has 156 valence electrons. The fourth-order valence-electron chi connectivity index (χ4n) is 3.21. The number of carbonyl (C=O) groups excluding carboxylic acids is 1. The average Bonchev–Trinajstić information content (AvgIpc) is 2.62. The molecule has 1 aromatic heterocycles. The van der Waals surface area contributed by atoms with Crippen LogP contribution in [0.4, 0.5) is 4.79 Å². The minimum Gasteiger partial charge on any atom is -0.444 e. The van der Waals surface area contributed by atoms with Crippen molar-refractivity contribution in [3.63, 3.8) is 0 Å². The summed E-state index contributed by atoms with van der Waals surface area (Å²) in [5.41, 5.74) is -0.613. The van der Waals surface area contributed by atoms with Gasteiger partial charge in [0.15, 0.2) is 0 Å². The van der Waals surface area contributed by atoms with Gasteiger partial charge in [-0.15, -0.1) is 0 Å². The van der Waals surface area contributed by atoms with Gasteiger partial charge >= 0.3 is 6.09 Å². The summed E-state index contributed by atoms with van der Waals surface area (Å²) in [5, 5.41) is 1.69. The van der Waals surface area contributed by atoms with Crippen molar-refractivity contribution in [1.29, 1.82) is 0 Å². The Morgan fingerprint density at radius 2 is 1.86 bits per heavy atom. The molecule has 2 heterocycles. The van der Waals surface area contributed by atoms with Crippen LogP contribution in [0, 0.1) is 0 Å². The molecule has 1 aromatic carbocycles. The van der Waals surface area contributed by atoms with Gasteiger partial charge in [0, 0.05) is 43.5 Å². The van der Waals surface area contributed by atoms with E-state index in [0.717, 1.165) is 10.8 Å². The van der Waals surface area contributed by atoms with Gasteiger partial charge in [-0.3, -0.25) is 4.98 Å². The van der Waals surface area contributed by atoms with Crippen LogP contribution in [-0.2, 0) is 14.8 Å². The monoisotopic (exact) mass is 417 g/mol. The van der Waals surface area contributed by atoms with Crippen LogP contribution in [0.3, 0.4) is 0 Å². The van der Waals surface area contributed by atoms with E-state index in [-0.39, 0.29) is 18.0 Å². The van der Waals surface area contributed by atoms with E-state index >= 15 is 0 Å². The van der Waals surface area contributed by atoms with Crippen LogP contribution in [0.2, 0.25) is 0 Å². The summed E-state index contributed by atoms with van der Waals surface area (Å²) in [6.45, 7) is 8.10. The van der Waals surface area contributed by atoms with E-state index in [4.69, 9.17) is 4.74 Å². The van der Waals surface area contributed by atoms with Crippen LogP contribution in [0.5, 0.6) is 0 Å². The molecule has 7 nitrogen and oxygen atoms in total. The molecular weight excluding hydrogens is 390 g/mol. The Balaban J connectivity index is 1.87. The summed E-state index contributed by atoms with van der Waals surface area (Å²) in [6, 6.07) is 6.39. The Kier molecular flexibility index (Phi) is 5.95. The van der Waals surface area contributed by atoms with E-state index in [9.17, 15) is 13.2 Å². The summed E-state index contributed by atoms with van der Waals surface area (Å²) < 4.78 is 33.6. The summed E-state index contributed by atoms with van der Waals surface area (Å²) in [5.74, 6) is 0. The predicted molar refractivity (Wildman–Crippen MR) is 112 cm³/mol. The summed E-state index contributed by atoms with van der Waals surface area (Å²) in [7, 11) is -3.74. The van der Waals surface area contributed by atoms with E-state index in [2.05, 4.69) is 4.98 Å². The van der Waals surface area contributed by atoms with Crippen molar-refractivity contribution in [3.05, 3.63) is 48.8 Å². The van der Waals surface area contributed by atoms with Crippen molar-refractivity contribution < 1.29 is 17.9 Å². The first-order chi connectivity index (χ1) is 13.6. The highest BCUT2D eigenvalue weighted by Gasteiger charge is 2.32. The second-order valence-electron chi connectivity index (χ2n) is 8.17. The van der Waals surface area contributed by atoms with Crippen LogP contribution >= 0.6 is 0 Å². The zero-order valence-electron chi connectivity index (χ0n) is 17.2. The lowest BCUT2D eigenvalue weighted by Gasteiger charge is -2.34. The van der Waals surface area contributed by atoms with Gasteiger partial charge < -0.3 is 9.64 Å². The van der Waals surface area contributed by atoms with Crippen molar-refractivity contribution in [2.45, 2.75) is 44.2 Å². The molecule has 8 heteroatoms. The third-order valence-corrected chi connectivity index (χ3v) is 6.60. The summed E-state index contributed by atoms with van der Waals surface area (Å²) in [6.07, 6.45) is 6.46. The zero-order chi connectivity index (χ0) is 21.2. The van der Waals surface area contributed by atoms with Crippen molar-refractivity contribution in [1.82, 2.24) is 14.2 Å². The largest absolute Gasteiger partial charge is 0.444 e. The van der Waals surface area contributed by atoms with Gasteiger partial charge in [0.05, 0.1) is 4.90 Å². The Labute approximate surface area is 172 Å². The third kappa shape index (κ3) is 4.94. The molecule has 0 N–H and O–H groups in total. The molecule has 29 heavy (non-hydrogen) atoms. The highest BCUT2D eigenvalue weighted by molar-refractivity contribution is 7.89. The number of hydrogen-bond acceptors (Lipinski definition) is 5. The molecule has 1 amide bonds. The van der Waals surface area contributed by atoms with Gasteiger partial charge in [0.25, 0.3) is 0 Å². The maximum Gasteiger partial charge on any atom is 0.410 e. The van der Waals surface area contributed by atoms with Crippen LogP contribution in [0.15, 0.2) is 53.7 Å². The zero-order valence-corrected chi connectivity index (χ0v) is 18.0. The number of carbonyl (C=O) groups is 1. The fourth-order valence-corrected chi connectivity index (χ4v) is 4.82. The number of aromatic nitrogens is 1. The maximum absolute atomic E-state index is 13.4. The lowest BCUT2D eigenvalue weighted by atomic mass is 10.2. The number of nitrogens with zero attached hydrogens (tertiary/aromatic N) is 3. The van der Waals surface area contributed by atoms with E-state index in [1.807, 2.05) is 0 Å². The Morgan fingerprint density at radius 1 is 1.14 bits per heavy atom. The number of ether oxygens (including phenoxy) is 1. The molecule has 3 rings (SSSR count). The molecule has 0 fully saturated rings. The third-order valence-electron chi connectivity index (χ3n) is 4.62. The lowest BCUT2D eigenvalue weighted by molar-refractivity contribution is 0.0239. The smallest absolute Gasteiger partial charge is 0.410 e. The van der Waals surface area contributed by atoms with Crippen LogP contribution < -0.4 is 0 Å². The van der Waals surface area contributed by atoms with Gasteiger partial charge in [-0.1, -0.05) is 18.2 Å². The minimum atomic E-state index is -3.74. The molecule has 2 aromatic rings. The molecule has 0 unspecified atom stereocenters. The second kappa shape index (κ2) is 8.12. The molecule has 0 saturated carbocycles. The molecule has 0 bridgehead atoms. The first kappa shape index (κ1) is 21.3. The Bertz CT molecular complexity index is 1030. The molecule has 0 saturated heterocycles. The number of benzene rings is 1. The fraction of sp³-hybridized carbons (Fsp3) is 0.429. The van der Waals surface area contributed by atoms with Crippen LogP contribution in [-0.4, -0.2) is 60.0 Å². The van der Waals surface area contributed by atoms with Gasteiger partial charge in [-0.25, -0.2) is 13.2 Å². The van der Waals surface area contributed by atoms with Gasteiger partial charge in [-0.2, -0.15) is 4.31 Å². The maximum atomic E-state index is 13.4. The second-order valence-corrected chi connectivity index (χ2v) is 10.1. The van der Waals surface area contributed by atoms with E-state index in [1.165, 1.54) is 9.21 Å². The first-order valence-electron chi connectivity index (χ1n) is 9.56. The molecule has 0 radical (unpaired) electrons. The average molecular weight is 418 g/mol. The van der Waals surface area contributed by atoms with Crippen molar-refractivity contribution in [3.8, 4) is 0 Å². The van der Waals surface area contributed by atoms with Crippen LogP contribution in [0.25, 0.3) is 10.8 Å². The summed E-state index contributed by atoms with van der Waals surface area (Å²) >= 11 is 0. The SMILES string of the molecule is C[C@@H]1CN(C(=O)OC(C)(C)C)C/C=C\CN1S(=O)(=O)c1ccc2cnccc2c1. The lowest BCUT2D eigenvalue weighted by Crippen LogP contribution is -2.49. The number of amides is 1. The van der Waals surface area contributed by atoms with Crippen molar-refractivity contribution in [2.24, 2.45) is 0 Å². The quantitative estimate of drug-likeness (QED) is 0.700. The number of hydrogen-bond donors (Lipinski definition) is 0. The normalized spacial score (nSPS) is 20.1. The van der Waals surface area contributed by atoms with Crippen LogP contribution in [0.1, 0.15) is 27.7 Å². The topological polar surface area (TPSA) is 79.8 Å². The number of pyridine rings is 1. The van der Waals surface area contributed by atoms with Crippen molar-refractivity contribution in [2.75, 3.05) is 19.6 Å². The number of fused-ring (bicyclic) bond motifs is 1. The Hall–Kier alpha value is -2.45. The molecule has 1 aliphatic heterocycles. The highest BCUT2D eigenvalue weighted by Crippen LogP contribution is 2.24. The molecule has 1 atom stereocenters. The number of sulfonamides is 1. The highest BCUT2D eigenvalue weighted by atomic mass is 32.2. The standard InChI is InChI=1S/C21H27N3O4S/c1-16-15-23(20(25)28-21(2,3)4)11-5-6-12-24(16)29(26,27)19-8-7-18-14-22-10-9-17(18)13-19/h5-10,13-14,16H,11-12,15H2,1-4H3/b6-5-/t16-/m1/s1. The molecule has 0 aliphatic carbocycles. The van der Waals surface area contributed by atoms with Crippen molar-refractivity contribution >= 4 is 26.9 Å². The van der Waals surface area contributed by atoms with E-state index < -0.39 is 27.8 Å². The van der Waals surface area contributed by atoms with Gasteiger partial charge in [-0.05, 0) is 51.3 Å². The predicted octanol–water partition coefficient (Wildman–Crippen LogP) is 3.42. The van der Waals surface area contributed by atoms with E-state index in [0.29, 0.717) is 6.54 Å². The Morgan fingerprint density at radius 3 is 2.59 bits per heavy atom. The molecular formula is C21H27N3O4S. The molecule has 0 spiro atoms. The van der Waals surface area contributed by atoms with Gasteiger partial charge in [0.1, 0.15) is 5.60 Å². The van der Waals surface area contributed by atoms with Gasteiger partial charge in [0.2, 0.25) is 10.0 Å². The minimum absolute atomic E-state index is 0.223. The summed E-state index contributed by atoms with van der Waals surface area (Å²) in [4.78, 5) is 18.3. The number of rotatable bonds is 2. The first-order valence-corrected chi connectivity index (χ1v) is 11.0. The molecule has 1 aliphatic rings. The van der Waals surface area contributed by atoms with E-state index in [1.54, 1.807) is 76.5 Å².